The fraction of sp³-hybridized carbons (Fsp3) is 0.0909. The zero-order valence-corrected chi connectivity index (χ0v) is 7.93. The number of ether oxygens (including phenoxy) is 1. The van der Waals surface area contributed by atoms with Gasteiger partial charge in [0.05, 0.1) is 7.11 Å². The monoisotopic (exact) mass is 189 g/mol. The average Bonchev–Trinajstić information content (AvgIpc) is 2.26. The molecule has 0 aliphatic carbocycles. The third-order valence-corrected chi connectivity index (χ3v) is 1.61. The highest BCUT2D eigenvalue weighted by molar-refractivity contribution is 6.00. The molecule has 0 radical (unpaired) electrons. The van der Waals surface area contributed by atoms with Gasteiger partial charge in [-0.25, -0.2) is 4.99 Å². The lowest BCUT2D eigenvalue weighted by atomic mass is 10.2. The standard InChI is InChI=1S/C11H11NO2/c1-3-7-12-11(13)9-5-4-6-10(8-9)14-2/h3-8H,1H2,2H3. The Labute approximate surface area is 82.7 Å². The zero-order chi connectivity index (χ0) is 10.4. The number of carbonyl (C=O) groups is 1. The summed E-state index contributed by atoms with van der Waals surface area (Å²) in [6.45, 7) is 3.43. The number of hydrogen-bond donors (Lipinski definition) is 0. The van der Waals surface area contributed by atoms with Crippen molar-refractivity contribution in [2.24, 2.45) is 4.99 Å². The van der Waals surface area contributed by atoms with Gasteiger partial charge in [0.25, 0.3) is 5.91 Å². The Kier molecular flexibility index (Phi) is 3.61. The van der Waals surface area contributed by atoms with Crippen molar-refractivity contribution < 1.29 is 9.53 Å². The number of allylic oxidation sites excluding steroid dienone is 1. The predicted octanol–water partition coefficient (Wildman–Crippen LogP) is 2.09. The number of nitrogens with zero attached hydrogens (tertiary/aromatic N) is 1. The molecule has 0 aliphatic heterocycles. The Morgan fingerprint density at radius 2 is 2.36 bits per heavy atom. The number of aliphatic imine (C=N–C) groups is 1. The topological polar surface area (TPSA) is 38.7 Å². The third kappa shape index (κ3) is 2.55. The first kappa shape index (κ1) is 10.2. The Balaban J connectivity index is 2.89. The van der Waals surface area contributed by atoms with E-state index in [4.69, 9.17) is 4.74 Å². The summed E-state index contributed by atoms with van der Waals surface area (Å²) in [7, 11) is 1.55. The molecule has 0 spiro atoms. The van der Waals surface area contributed by atoms with Crippen molar-refractivity contribution in [1.82, 2.24) is 0 Å². The van der Waals surface area contributed by atoms with E-state index in [9.17, 15) is 4.79 Å². The molecular formula is C11H11NO2. The molecule has 1 rings (SSSR count). The lowest BCUT2D eigenvalue weighted by molar-refractivity contribution is 0.100. The van der Waals surface area contributed by atoms with E-state index >= 15 is 0 Å². The van der Waals surface area contributed by atoms with Gasteiger partial charge in [0.1, 0.15) is 5.75 Å². The van der Waals surface area contributed by atoms with Crippen LogP contribution in [0, 0.1) is 0 Å². The molecule has 0 heterocycles. The van der Waals surface area contributed by atoms with Gasteiger partial charge in [-0.05, 0) is 18.2 Å². The van der Waals surface area contributed by atoms with E-state index in [-0.39, 0.29) is 5.91 Å². The van der Waals surface area contributed by atoms with E-state index < -0.39 is 0 Å². The van der Waals surface area contributed by atoms with Crippen LogP contribution in [-0.4, -0.2) is 19.2 Å². The summed E-state index contributed by atoms with van der Waals surface area (Å²) in [5.41, 5.74) is 0.502. The van der Waals surface area contributed by atoms with Gasteiger partial charge in [-0.2, -0.15) is 0 Å². The SMILES string of the molecule is C=CC=NC(=O)c1cccc(OC)c1. The summed E-state index contributed by atoms with van der Waals surface area (Å²) < 4.78 is 4.99. The summed E-state index contributed by atoms with van der Waals surface area (Å²) in [6, 6.07) is 6.84. The van der Waals surface area contributed by atoms with Gasteiger partial charge in [-0.15, -0.1) is 0 Å². The lowest BCUT2D eigenvalue weighted by Crippen LogP contribution is -1.95. The molecule has 0 aliphatic rings. The average molecular weight is 189 g/mol. The molecule has 0 aromatic heterocycles. The van der Waals surface area contributed by atoms with Gasteiger partial charge < -0.3 is 4.74 Å². The van der Waals surface area contributed by atoms with E-state index in [0.29, 0.717) is 11.3 Å². The van der Waals surface area contributed by atoms with Crippen molar-refractivity contribution >= 4 is 12.1 Å². The van der Waals surface area contributed by atoms with Gasteiger partial charge in [-0.1, -0.05) is 18.7 Å². The van der Waals surface area contributed by atoms with E-state index in [2.05, 4.69) is 11.6 Å². The molecule has 1 aromatic carbocycles. The molecule has 1 amide bonds. The molecule has 3 nitrogen and oxygen atoms in total. The quantitative estimate of drug-likeness (QED) is 0.683. The normalized spacial score (nSPS) is 10.1. The molecule has 0 saturated heterocycles. The highest BCUT2D eigenvalue weighted by Crippen LogP contribution is 2.12. The molecule has 3 heteroatoms. The van der Waals surface area contributed by atoms with Crippen LogP contribution in [0.15, 0.2) is 41.9 Å². The Hall–Kier alpha value is -1.90. The van der Waals surface area contributed by atoms with Crippen LogP contribution < -0.4 is 4.74 Å². The van der Waals surface area contributed by atoms with Crippen molar-refractivity contribution in [1.29, 1.82) is 0 Å². The Morgan fingerprint density at radius 3 is 3.00 bits per heavy atom. The summed E-state index contributed by atoms with van der Waals surface area (Å²) in [6.07, 6.45) is 2.82. The van der Waals surface area contributed by atoms with Crippen molar-refractivity contribution in [3.63, 3.8) is 0 Å². The molecule has 72 valence electrons. The minimum absolute atomic E-state index is 0.302. The van der Waals surface area contributed by atoms with Gasteiger partial charge in [0.15, 0.2) is 0 Å². The number of amides is 1. The second-order valence-electron chi connectivity index (χ2n) is 2.55. The largest absolute Gasteiger partial charge is 0.497 e. The minimum Gasteiger partial charge on any atom is -0.497 e. The van der Waals surface area contributed by atoms with E-state index in [1.165, 1.54) is 12.3 Å². The zero-order valence-electron chi connectivity index (χ0n) is 7.93. The van der Waals surface area contributed by atoms with Crippen molar-refractivity contribution in [3.8, 4) is 5.75 Å². The molecule has 0 unspecified atom stereocenters. The van der Waals surface area contributed by atoms with Crippen LogP contribution in [0.4, 0.5) is 0 Å². The maximum Gasteiger partial charge on any atom is 0.277 e. The molecule has 0 N–H and O–H groups in total. The van der Waals surface area contributed by atoms with Crippen LogP contribution in [0.3, 0.4) is 0 Å². The predicted molar refractivity (Wildman–Crippen MR) is 56.0 cm³/mol. The molecule has 14 heavy (non-hydrogen) atoms. The molecule has 0 fully saturated rings. The fourth-order valence-electron chi connectivity index (χ4n) is 0.951. The summed E-state index contributed by atoms with van der Waals surface area (Å²) in [5, 5.41) is 0. The van der Waals surface area contributed by atoms with Crippen LogP contribution in [0.5, 0.6) is 5.75 Å². The smallest absolute Gasteiger partial charge is 0.277 e. The Morgan fingerprint density at radius 1 is 1.57 bits per heavy atom. The fourth-order valence-corrected chi connectivity index (χ4v) is 0.951. The molecule has 0 saturated carbocycles. The molecule has 1 aromatic rings. The maximum atomic E-state index is 11.4. The second-order valence-corrected chi connectivity index (χ2v) is 2.55. The highest BCUT2D eigenvalue weighted by Gasteiger charge is 2.03. The number of rotatable bonds is 3. The van der Waals surface area contributed by atoms with Crippen LogP contribution in [0.2, 0.25) is 0 Å². The van der Waals surface area contributed by atoms with E-state index in [0.717, 1.165) is 0 Å². The van der Waals surface area contributed by atoms with Gasteiger partial charge in [0, 0.05) is 11.8 Å². The summed E-state index contributed by atoms with van der Waals surface area (Å²) >= 11 is 0. The van der Waals surface area contributed by atoms with Gasteiger partial charge >= 0.3 is 0 Å². The van der Waals surface area contributed by atoms with Crippen LogP contribution in [-0.2, 0) is 0 Å². The minimum atomic E-state index is -0.302. The van der Waals surface area contributed by atoms with Crippen LogP contribution in [0.25, 0.3) is 0 Å². The first-order valence-corrected chi connectivity index (χ1v) is 4.11. The molecule has 0 atom stereocenters. The molecular weight excluding hydrogens is 178 g/mol. The number of carbonyl (C=O) groups excluding carboxylic acids is 1. The third-order valence-electron chi connectivity index (χ3n) is 1.61. The number of methoxy groups -OCH3 is 1. The summed E-state index contributed by atoms with van der Waals surface area (Å²) in [4.78, 5) is 15.0. The van der Waals surface area contributed by atoms with Gasteiger partial charge in [-0.3, -0.25) is 4.79 Å². The van der Waals surface area contributed by atoms with E-state index in [1.54, 1.807) is 31.4 Å². The maximum absolute atomic E-state index is 11.4. The number of hydrogen-bond acceptors (Lipinski definition) is 2. The second kappa shape index (κ2) is 4.97. The first-order chi connectivity index (χ1) is 6.77. The first-order valence-electron chi connectivity index (χ1n) is 4.11. The van der Waals surface area contributed by atoms with Crippen molar-refractivity contribution in [2.45, 2.75) is 0 Å². The lowest BCUT2D eigenvalue weighted by Gasteiger charge is -2.00. The van der Waals surface area contributed by atoms with Crippen molar-refractivity contribution in [3.05, 3.63) is 42.5 Å². The van der Waals surface area contributed by atoms with Crippen LogP contribution >= 0.6 is 0 Å². The summed E-state index contributed by atoms with van der Waals surface area (Å²) in [5.74, 6) is 0.341. The molecule has 0 bridgehead atoms. The van der Waals surface area contributed by atoms with Gasteiger partial charge in [0.2, 0.25) is 0 Å². The van der Waals surface area contributed by atoms with E-state index in [1.807, 2.05) is 0 Å². The number of benzene rings is 1. The highest BCUT2D eigenvalue weighted by atomic mass is 16.5. The van der Waals surface area contributed by atoms with Crippen molar-refractivity contribution in [2.75, 3.05) is 7.11 Å². The Bertz CT molecular complexity index is 369. The van der Waals surface area contributed by atoms with Crippen LogP contribution in [0.1, 0.15) is 10.4 Å².